The van der Waals surface area contributed by atoms with Gasteiger partial charge in [0.2, 0.25) is 0 Å². The Hall–Kier alpha value is -2.16. The standard InChI is InChI=1S/C30H45NO8Se/c1-18-8-9-25-29(4,13-10-26(39-20(3)33)30(25,5)17-38-19(2)32)22(18)16-24(21-11-14-37-27(21)34)31-23(12-15-40-7)28(35)36-6/h11,22-26,31H,1,8-10,12-17H2,2-7H3/t22-,23?,24?,25?,26+,29+,30-/m0/s1. The second kappa shape index (κ2) is 13.7. The number of hydrogen-bond acceptors (Lipinski definition) is 9. The van der Waals surface area contributed by atoms with Crippen LogP contribution in [0.15, 0.2) is 23.8 Å². The van der Waals surface area contributed by atoms with E-state index in [0.29, 0.717) is 39.8 Å². The molecule has 9 nitrogen and oxygen atoms in total. The van der Waals surface area contributed by atoms with Crippen molar-refractivity contribution in [3.05, 3.63) is 23.8 Å². The Morgan fingerprint density at radius 3 is 2.52 bits per heavy atom. The normalized spacial score (nSPS) is 31.4. The van der Waals surface area contributed by atoms with Gasteiger partial charge in [-0.1, -0.05) is 0 Å². The van der Waals surface area contributed by atoms with Crippen molar-refractivity contribution in [2.75, 3.05) is 20.3 Å². The van der Waals surface area contributed by atoms with Gasteiger partial charge in [-0.3, -0.25) is 9.59 Å². The molecule has 3 rings (SSSR count). The van der Waals surface area contributed by atoms with Crippen LogP contribution in [0.1, 0.15) is 66.2 Å². The van der Waals surface area contributed by atoms with Gasteiger partial charge in [0.1, 0.15) is 0 Å². The number of esters is 4. The molecule has 0 saturated heterocycles. The number of nitrogens with one attached hydrogen (secondary N) is 1. The summed E-state index contributed by atoms with van der Waals surface area (Å²) in [5, 5.41) is 4.38. The molecule has 2 saturated carbocycles. The molecule has 1 aliphatic heterocycles. The van der Waals surface area contributed by atoms with Gasteiger partial charge >= 0.3 is 221 Å². The minimum atomic E-state index is -0.588. The van der Waals surface area contributed by atoms with Crippen LogP contribution in [0.5, 0.6) is 0 Å². The zero-order valence-electron chi connectivity index (χ0n) is 24.7. The molecule has 40 heavy (non-hydrogen) atoms. The van der Waals surface area contributed by atoms with Gasteiger partial charge in [-0.05, 0) is 0 Å². The fourth-order valence-corrected chi connectivity index (χ4v) is 8.31. The summed E-state index contributed by atoms with van der Waals surface area (Å²) in [6.45, 7) is 11.9. The monoisotopic (exact) mass is 627 g/mol. The Bertz CT molecular complexity index is 1030. The van der Waals surface area contributed by atoms with E-state index in [1.54, 1.807) is 6.08 Å². The molecule has 0 radical (unpaired) electrons. The topological polar surface area (TPSA) is 117 Å². The molecule has 2 aliphatic carbocycles. The number of hydrogen-bond donors (Lipinski definition) is 1. The molecule has 0 amide bonds. The van der Waals surface area contributed by atoms with Gasteiger partial charge < -0.3 is 0 Å². The van der Waals surface area contributed by atoms with Crippen molar-refractivity contribution in [3.8, 4) is 0 Å². The van der Waals surface area contributed by atoms with E-state index in [0.717, 1.165) is 30.2 Å². The Kier molecular flexibility index (Phi) is 11.1. The van der Waals surface area contributed by atoms with Gasteiger partial charge in [0, 0.05) is 13.8 Å². The molecule has 3 unspecified atom stereocenters. The van der Waals surface area contributed by atoms with E-state index < -0.39 is 17.5 Å². The number of ether oxygens (including phenoxy) is 4. The van der Waals surface area contributed by atoms with Crippen LogP contribution >= 0.6 is 0 Å². The molecule has 7 atom stereocenters. The van der Waals surface area contributed by atoms with Gasteiger partial charge in [-0.25, -0.2) is 0 Å². The molecular formula is C30H45NO8Se. The molecule has 0 aromatic heterocycles. The zero-order chi connectivity index (χ0) is 29.7. The Morgan fingerprint density at radius 1 is 1.23 bits per heavy atom. The van der Waals surface area contributed by atoms with E-state index in [9.17, 15) is 19.2 Å². The van der Waals surface area contributed by atoms with Crippen LogP contribution in [-0.4, -0.2) is 77.3 Å². The summed E-state index contributed by atoms with van der Waals surface area (Å²) in [4.78, 5) is 49.4. The van der Waals surface area contributed by atoms with Crippen molar-refractivity contribution in [2.24, 2.45) is 22.7 Å². The number of rotatable bonds is 12. The van der Waals surface area contributed by atoms with Crippen molar-refractivity contribution in [3.63, 3.8) is 0 Å². The van der Waals surface area contributed by atoms with Gasteiger partial charge in [0.15, 0.2) is 0 Å². The van der Waals surface area contributed by atoms with Crippen LogP contribution in [0.25, 0.3) is 0 Å². The van der Waals surface area contributed by atoms with Crippen LogP contribution < -0.4 is 5.32 Å². The number of allylic oxidation sites excluding steroid dienone is 1. The fraction of sp³-hybridized carbons (Fsp3) is 0.733. The molecular weight excluding hydrogens is 581 g/mol. The van der Waals surface area contributed by atoms with Crippen LogP contribution in [0.4, 0.5) is 0 Å². The van der Waals surface area contributed by atoms with Crippen LogP contribution in [0.2, 0.25) is 11.1 Å². The molecule has 0 aromatic rings. The van der Waals surface area contributed by atoms with Crippen LogP contribution in [-0.2, 0) is 38.1 Å². The van der Waals surface area contributed by atoms with Gasteiger partial charge in [-0.15, -0.1) is 0 Å². The average Bonchev–Trinajstić information content (AvgIpc) is 3.33. The summed E-state index contributed by atoms with van der Waals surface area (Å²) in [5.74, 6) is 0.759. The number of carbonyl (C=O) groups is 4. The molecule has 224 valence electrons. The second-order valence-electron chi connectivity index (χ2n) is 11.8. The molecule has 1 N–H and O–H groups in total. The summed E-state index contributed by atoms with van der Waals surface area (Å²) in [6.07, 6.45) is 5.60. The molecule has 2 fully saturated rings. The van der Waals surface area contributed by atoms with Crippen molar-refractivity contribution < 1.29 is 38.1 Å². The zero-order valence-corrected chi connectivity index (χ0v) is 26.4. The van der Waals surface area contributed by atoms with E-state index in [-0.39, 0.29) is 60.4 Å². The van der Waals surface area contributed by atoms with E-state index in [1.165, 1.54) is 21.0 Å². The van der Waals surface area contributed by atoms with Crippen molar-refractivity contribution >= 4 is 38.8 Å². The van der Waals surface area contributed by atoms with Gasteiger partial charge in [0.25, 0.3) is 0 Å². The summed E-state index contributed by atoms with van der Waals surface area (Å²) in [7, 11) is 1.38. The fourth-order valence-electron chi connectivity index (χ4n) is 7.32. The first-order valence-corrected chi connectivity index (χ1v) is 17.0. The molecule has 0 aromatic carbocycles. The first kappa shape index (κ1) is 32.4. The van der Waals surface area contributed by atoms with E-state index in [4.69, 9.17) is 18.9 Å². The summed E-state index contributed by atoms with van der Waals surface area (Å²) < 4.78 is 21.8. The Balaban J connectivity index is 1.98. The van der Waals surface area contributed by atoms with E-state index in [1.807, 2.05) is 0 Å². The maximum atomic E-state index is 12.8. The Labute approximate surface area is 244 Å². The number of cyclic esters (lactones) is 1. The predicted octanol–water partition coefficient (Wildman–Crippen LogP) is 3.80. The molecule has 3 aliphatic rings. The minimum absolute atomic E-state index is 0.00155. The van der Waals surface area contributed by atoms with E-state index in [2.05, 4.69) is 31.6 Å². The average molecular weight is 627 g/mol. The molecule has 1 heterocycles. The van der Waals surface area contributed by atoms with Crippen molar-refractivity contribution in [1.29, 1.82) is 0 Å². The maximum absolute atomic E-state index is 12.8. The van der Waals surface area contributed by atoms with Crippen molar-refractivity contribution in [2.45, 2.75) is 95.5 Å². The van der Waals surface area contributed by atoms with E-state index >= 15 is 0 Å². The SMILES string of the molecule is C=C1CCC2[C@](C)(COC(C)=O)[C@H](OC(C)=O)CC[C@]2(C)[C@H]1CC(NC(CC[Se]C)C(=O)OC)C1=CCOC1=O. The summed E-state index contributed by atoms with van der Waals surface area (Å²) >= 11 is 0.389. The summed E-state index contributed by atoms with van der Waals surface area (Å²) in [5.41, 5.74) is 0.780. The quantitative estimate of drug-likeness (QED) is 0.149. The van der Waals surface area contributed by atoms with Crippen LogP contribution in [0.3, 0.4) is 0 Å². The first-order valence-electron chi connectivity index (χ1n) is 14.1. The second-order valence-corrected chi connectivity index (χ2v) is 13.9. The third-order valence-corrected chi connectivity index (χ3v) is 10.7. The number of carbonyl (C=O) groups excluding carboxylic acids is 4. The third kappa shape index (κ3) is 7.00. The first-order chi connectivity index (χ1) is 18.9. The predicted molar refractivity (Wildman–Crippen MR) is 150 cm³/mol. The van der Waals surface area contributed by atoms with Crippen LogP contribution in [0, 0.1) is 22.7 Å². The molecule has 10 heteroatoms. The van der Waals surface area contributed by atoms with Gasteiger partial charge in [0.05, 0.1) is 0 Å². The number of fused-ring (bicyclic) bond motifs is 1. The van der Waals surface area contributed by atoms with Crippen molar-refractivity contribution in [1.82, 2.24) is 5.32 Å². The molecule has 0 spiro atoms. The third-order valence-electron chi connectivity index (χ3n) is 9.31. The number of methoxy groups -OCH3 is 1. The van der Waals surface area contributed by atoms with Gasteiger partial charge in [-0.2, -0.15) is 0 Å². The summed E-state index contributed by atoms with van der Waals surface area (Å²) in [6, 6.07) is -0.966. The Morgan fingerprint density at radius 2 is 1.95 bits per heavy atom. The molecule has 0 bridgehead atoms.